The fourth-order valence-corrected chi connectivity index (χ4v) is 14.9. The van der Waals surface area contributed by atoms with E-state index in [1.807, 2.05) is 114 Å². The van der Waals surface area contributed by atoms with Gasteiger partial charge in [0.05, 0.1) is 80.8 Å². The Bertz CT molecular complexity index is 5060. The maximum atomic E-state index is 13.8. The second-order valence-corrected chi connectivity index (χ2v) is 33.6. The van der Waals surface area contributed by atoms with Crippen LogP contribution in [0.1, 0.15) is 141 Å². The van der Waals surface area contributed by atoms with E-state index in [9.17, 15) is 35.1 Å². The highest BCUT2D eigenvalue weighted by atomic mass is 32.2. The van der Waals surface area contributed by atoms with Crippen molar-refractivity contribution in [2.24, 2.45) is 0 Å². The molecule has 3 saturated heterocycles. The number of thiazole rings is 1. The minimum atomic E-state index is -4.60. The lowest BCUT2D eigenvalue weighted by atomic mass is 9.98. The first-order valence-electron chi connectivity index (χ1n) is 42.0. The normalized spacial score (nSPS) is 17.8. The Kier molecular flexibility index (Phi) is 39.6. The highest BCUT2D eigenvalue weighted by Gasteiger charge is 2.34. The molecule has 0 bridgehead atoms. The van der Waals surface area contributed by atoms with Crippen molar-refractivity contribution in [3.05, 3.63) is 297 Å². The average molecular weight is 1750 g/mol. The van der Waals surface area contributed by atoms with Gasteiger partial charge in [-0.3, -0.25) is 4.98 Å². The molecule has 0 unspecified atom stereocenters. The molecule has 5 aliphatic rings. The zero-order chi connectivity index (χ0) is 90.0. The van der Waals surface area contributed by atoms with Gasteiger partial charge in [0.25, 0.3) is 0 Å². The van der Waals surface area contributed by atoms with Crippen LogP contribution in [0.15, 0.2) is 223 Å². The van der Waals surface area contributed by atoms with Crippen molar-refractivity contribution in [1.82, 2.24) is 24.9 Å². The van der Waals surface area contributed by atoms with Crippen molar-refractivity contribution in [3.63, 3.8) is 0 Å². The third-order valence-corrected chi connectivity index (χ3v) is 21.4. The summed E-state index contributed by atoms with van der Waals surface area (Å²) in [4.78, 5) is 28.7. The predicted molar refractivity (Wildman–Crippen MR) is 491 cm³/mol. The number of halogens is 8. The van der Waals surface area contributed by atoms with E-state index in [0.29, 0.717) is 42.8 Å². The van der Waals surface area contributed by atoms with Crippen LogP contribution in [0.3, 0.4) is 0 Å². The molecule has 124 heavy (non-hydrogen) atoms. The van der Waals surface area contributed by atoms with Crippen LogP contribution in [0.25, 0.3) is 21.1 Å². The smallest absolute Gasteiger partial charge is 0.419 e. The summed E-state index contributed by atoms with van der Waals surface area (Å²) in [5.74, 6) is 3.30. The van der Waals surface area contributed by atoms with E-state index in [1.165, 1.54) is 106 Å². The second kappa shape index (κ2) is 49.5. The highest BCUT2D eigenvalue weighted by Crippen LogP contribution is 2.34. The van der Waals surface area contributed by atoms with Crippen LogP contribution in [-0.4, -0.2) is 126 Å². The molecule has 664 valence electrons. The zero-order valence-corrected chi connectivity index (χ0v) is 76.0. The maximum absolute atomic E-state index is 13.8. The molecule has 12 aromatic rings. The molecule has 1 saturated carbocycles. The van der Waals surface area contributed by atoms with Gasteiger partial charge in [-0.1, -0.05) is 102 Å². The van der Waals surface area contributed by atoms with E-state index < -0.39 is 29.3 Å². The van der Waals surface area contributed by atoms with Crippen LogP contribution in [0.5, 0.6) is 17.2 Å². The molecule has 0 spiro atoms. The minimum absolute atomic E-state index is 0.138. The van der Waals surface area contributed by atoms with Gasteiger partial charge in [0.1, 0.15) is 42.2 Å². The third-order valence-electron chi connectivity index (χ3n) is 19.9. The quantitative estimate of drug-likeness (QED) is 0.116. The Labute approximate surface area is 736 Å². The lowest BCUT2D eigenvalue weighted by molar-refractivity contribution is -0.140. The summed E-state index contributed by atoms with van der Waals surface area (Å²) in [6.45, 7) is 38.8. The van der Waals surface area contributed by atoms with Crippen LogP contribution < -0.4 is 28.9 Å². The summed E-state index contributed by atoms with van der Waals surface area (Å²) in [6.07, 6.45) is 9.10. The van der Waals surface area contributed by atoms with E-state index >= 15 is 0 Å². The summed E-state index contributed by atoms with van der Waals surface area (Å²) in [5.41, 5.74) is 14.1. The Hall–Kier alpha value is -10.2. The van der Waals surface area contributed by atoms with E-state index in [1.54, 1.807) is 36.1 Å². The summed E-state index contributed by atoms with van der Waals surface area (Å²) in [6, 6.07) is 57.1. The number of alkyl halides is 6. The number of pyridine rings is 2. The number of aromatic nitrogens is 5. The molecule has 8 aromatic carbocycles. The van der Waals surface area contributed by atoms with Gasteiger partial charge in [-0.2, -0.15) is 26.3 Å². The largest absolute Gasteiger partial charge is 0.490 e. The summed E-state index contributed by atoms with van der Waals surface area (Å²) < 4.78 is 133. The maximum Gasteiger partial charge on any atom is 0.419 e. The predicted octanol–water partition coefficient (Wildman–Crippen LogP) is 25.7. The monoisotopic (exact) mass is 1740 g/mol. The van der Waals surface area contributed by atoms with Crippen molar-refractivity contribution in [3.8, 4) is 17.2 Å². The number of benzene rings is 8. The number of aryl methyl sites for hydroxylation is 10. The molecule has 1 aliphatic carbocycles. The second-order valence-electron chi connectivity index (χ2n) is 31.9. The van der Waals surface area contributed by atoms with Crippen molar-refractivity contribution < 1.29 is 63.5 Å². The Morgan fingerprint density at radius 2 is 0.919 bits per heavy atom. The summed E-state index contributed by atoms with van der Waals surface area (Å²) in [5, 5.41) is 1.22. The highest BCUT2D eigenvalue weighted by molar-refractivity contribution is 7.98. The molecule has 0 N–H and O–H groups in total. The molecule has 17 rings (SSSR count). The van der Waals surface area contributed by atoms with Crippen molar-refractivity contribution in [2.45, 2.75) is 203 Å². The minimum Gasteiger partial charge on any atom is -0.490 e. The number of anilines is 3. The number of rotatable bonds is 6. The Morgan fingerprint density at radius 3 is 1.48 bits per heavy atom. The van der Waals surface area contributed by atoms with Gasteiger partial charge >= 0.3 is 12.4 Å². The van der Waals surface area contributed by atoms with Gasteiger partial charge in [0, 0.05) is 80.0 Å². The fraction of sp³-hybridized carbons (Fsp3) is 0.390. The Morgan fingerprint density at radius 1 is 0.419 bits per heavy atom. The van der Waals surface area contributed by atoms with Gasteiger partial charge in [-0.15, -0.1) is 23.1 Å². The fourth-order valence-electron chi connectivity index (χ4n) is 13.9. The molecular formula is C100H120F8N8O6S2. The number of nitrogens with zero attached hydrogens (tertiary/aromatic N) is 8. The van der Waals surface area contributed by atoms with E-state index in [4.69, 9.17) is 28.4 Å². The van der Waals surface area contributed by atoms with Crippen LogP contribution in [-0.2, 0) is 26.6 Å². The number of thioether (sulfide) groups is 1. The Balaban J connectivity index is 0.000000172. The van der Waals surface area contributed by atoms with Crippen LogP contribution >= 0.6 is 23.1 Å². The topological polar surface area (TPSA) is 130 Å². The van der Waals surface area contributed by atoms with Gasteiger partial charge in [0.15, 0.2) is 11.5 Å². The number of fused-ring (bicyclic) bond motifs is 3. The van der Waals surface area contributed by atoms with Gasteiger partial charge < -0.3 is 43.1 Å². The van der Waals surface area contributed by atoms with Gasteiger partial charge in [0.2, 0.25) is 0 Å². The standard InChI is InChI=1S/C13H18FNO.C13H19NO.C13H18O.C12H18N2O.C10H9N.C9H10O2.C8H6F4.C8H7F3.C8H7NS.C6H8N2S/c1-9-4-5-13(12(14)6-9)15-7-10(2)16-11(3)8-15;1-10-4-6-13(7-5-10)14-8-11(2)15-12(3)9-14;1-11-6-5-9-13(10-11)14-12-7-3-2-4-8-12;1-9-4-5-12(13-6-9)14-7-10(2)15-11(3)8-14;1-8-4-5-10-9(7-8)3-2-6-11-10;1-7-2-3-8-9(6-7)11-5-4-10-8;1-5-2-3-6(7(9)4-5)8(10,11)12;1-6-2-4-7(5-3-6)8(9,10)11;1-6-2-3-7-8(4-6)10-5-9-7;1-5-7-3-6(9-2)4-8-5/h4-6,10-11H,7-8H2,1-3H3;4-7,11-12H,8-9H2,1-3H3;5-6,9-10,12H,2-4,7-8H2,1H3;4-6,10-11H,7-8H2,1-3H3;2-7H,1H3;2-3,6H,4-5H2,1H3;2-4H,1H3;2-5H,1H3;2-5H,1H3;3-4H,1-2H3/t10-,11+;11-,12+;;10-,11+;;;;;;. The molecular weight excluding hydrogens is 1630 g/mol. The number of morpholine rings is 3. The number of hydrogen-bond donors (Lipinski definition) is 0. The lowest BCUT2D eigenvalue weighted by Crippen LogP contribution is -2.45. The van der Waals surface area contributed by atoms with Gasteiger partial charge in [-0.25, -0.2) is 28.7 Å². The lowest BCUT2D eigenvalue weighted by Gasteiger charge is -2.37. The first-order valence-corrected chi connectivity index (χ1v) is 44.1. The average Bonchev–Trinajstić information content (AvgIpc) is 1.02. The van der Waals surface area contributed by atoms with Gasteiger partial charge in [-0.05, 0) is 285 Å². The van der Waals surface area contributed by atoms with E-state index in [2.05, 4.69) is 199 Å². The van der Waals surface area contributed by atoms with Crippen LogP contribution in [0, 0.1) is 80.9 Å². The zero-order valence-electron chi connectivity index (χ0n) is 74.4. The molecule has 4 aromatic heterocycles. The molecule has 24 heteroatoms. The molecule has 6 atom stereocenters. The molecule has 0 radical (unpaired) electrons. The molecule has 8 heterocycles. The molecule has 0 amide bonds. The summed E-state index contributed by atoms with van der Waals surface area (Å²) in [7, 11) is 0. The van der Waals surface area contributed by atoms with Crippen molar-refractivity contribution in [1.29, 1.82) is 0 Å². The van der Waals surface area contributed by atoms with E-state index in [-0.39, 0.29) is 30.2 Å². The number of ether oxygens (including phenoxy) is 6. The summed E-state index contributed by atoms with van der Waals surface area (Å²) >= 11 is 3.34. The first-order chi connectivity index (χ1) is 59.0. The van der Waals surface area contributed by atoms with Crippen LogP contribution in [0.4, 0.5) is 52.3 Å². The van der Waals surface area contributed by atoms with E-state index in [0.717, 1.165) is 119 Å². The molecule has 4 fully saturated rings. The van der Waals surface area contributed by atoms with Crippen LogP contribution in [0.2, 0.25) is 0 Å². The molecule has 14 nitrogen and oxygen atoms in total. The molecule has 4 aliphatic heterocycles. The third kappa shape index (κ3) is 34.7. The van der Waals surface area contributed by atoms with Crippen molar-refractivity contribution in [2.75, 3.05) is 73.4 Å². The number of hydrogen-bond acceptors (Lipinski definition) is 16. The SMILES string of the molecule is CSc1cnc(C)nc1.Cc1ccc(C(F)(F)F)c(F)c1.Cc1ccc(C(F)(F)F)cc1.Cc1ccc(N2C[C@@H](C)O[C@@H](C)C2)c(F)c1.Cc1ccc(N2C[C@@H](C)O[C@@H](C)C2)cc1.Cc1ccc(N2C[C@@H](C)O[C@@H](C)C2)nc1.Cc1ccc2c(c1)OCCO2.Cc1ccc2ncccc2c1.Cc1ccc2ncsc2c1.Cc1cccc(OC2CCCCC2)c1. The van der Waals surface area contributed by atoms with Crippen molar-refractivity contribution >= 4 is 61.4 Å². The first kappa shape index (κ1) is 99.2.